The molecule has 1 atom stereocenters. The van der Waals surface area contributed by atoms with Crippen molar-refractivity contribution in [2.75, 3.05) is 6.61 Å². The molecule has 1 rings (SSSR count). The van der Waals surface area contributed by atoms with Crippen molar-refractivity contribution in [3.63, 3.8) is 0 Å². The molecular formula is C15H28O2. The fourth-order valence-electron chi connectivity index (χ4n) is 2.79. The van der Waals surface area contributed by atoms with E-state index in [4.69, 9.17) is 4.74 Å². The number of aliphatic hydroxyl groups excluding tert-OH is 1. The molecule has 0 heterocycles. The highest BCUT2D eigenvalue weighted by molar-refractivity contribution is 5.01. The van der Waals surface area contributed by atoms with Crippen molar-refractivity contribution in [1.29, 1.82) is 0 Å². The third kappa shape index (κ3) is 4.11. The van der Waals surface area contributed by atoms with Crippen LogP contribution in [0.15, 0.2) is 12.2 Å². The lowest BCUT2D eigenvalue weighted by Crippen LogP contribution is -2.45. The van der Waals surface area contributed by atoms with Gasteiger partial charge in [-0.05, 0) is 32.6 Å². The first-order chi connectivity index (χ1) is 8.14. The second-order valence-corrected chi connectivity index (χ2v) is 5.24. The molecule has 0 aromatic carbocycles. The van der Waals surface area contributed by atoms with Crippen LogP contribution >= 0.6 is 0 Å². The van der Waals surface area contributed by atoms with Crippen LogP contribution in [0.3, 0.4) is 0 Å². The molecule has 0 saturated heterocycles. The summed E-state index contributed by atoms with van der Waals surface area (Å²) < 4.78 is 5.97. The lowest BCUT2D eigenvalue weighted by Gasteiger charge is -2.37. The summed E-state index contributed by atoms with van der Waals surface area (Å²) in [6.45, 7) is 8.81. The third-order valence-corrected chi connectivity index (χ3v) is 3.97. The van der Waals surface area contributed by atoms with Crippen molar-refractivity contribution < 1.29 is 9.84 Å². The number of hydrogen-bond donors (Lipinski definition) is 1. The van der Waals surface area contributed by atoms with Crippen LogP contribution < -0.4 is 0 Å². The molecule has 2 heteroatoms. The molecule has 0 radical (unpaired) electrons. The van der Waals surface area contributed by atoms with Gasteiger partial charge in [0.2, 0.25) is 0 Å². The second-order valence-electron chi connectivity index (χ2n) is 5.24. The lowest BCUT2D eigenvalue weighted by atomic mass is 9.84. The van der Waals surface area contributed by atoms with Gasteiger partial charge < -0.3 is 9.84 Å². The highest BCUT2D eigenvalue weighted by Crippen LogP contribution is 2.35. The first-order valence-corrected chi connectivity index (χ1v) is 7.13. The van der Waals surface area contributed by atoms with Gasteiger partial charge >= 0.3 is 0 Å². The first kappa shape index (κ1) is 14.7. The summed E-state index contributed by atoms with van der Waals surface area (Å²) in [6, 6.07) is 0. The molecule has 100 valence electrons. The van der Waals surface area contributed by atoms with Gasteiger partial charge in [-0.2, -0.15) is 0 Å². The number of ether oxygens (including phenoxy) is 1. The number of aliphatic hydroxyl groups is 1. The van der Waals surface area contributed by atoms with E-state index in [0.29, 0.717) is 13.0 Å². The molecule has 0 aromatic rings. The average Bonchev–Trinajstić information content (AvgIpc) is 2.56. The van der Waals surface area contributed by atoms with E-state index in [1.807, 2.05) is 6.92 Å². The van der Waals surface area contributed by atoms with Gasteiger partial charge in [0.05, 0.1) is 11.7 Å². The summed E-state index contributed by atoms with van der Waals surface area (Å²) in [4.78, 5) is 0. The Kier molecular flexibility index (Phi) is 6.21. The molecule has 1 unspecified atom stereocenters. The molecule has 1 aliphatic carbocycles. The predicted molar refractivity (Wildman–Crippen MR) is 72.1 cm³/mol. The van der Waals surface area contributed by atoms with Crippen LogP contribution in [0.2, 0.25) is 0 Å². The van der Waals surface area contributed by atoms with Crippen LogP contribution in [-0.2, 0) is 4.74 Å². The molecule has 1 saturated carbocycles. The van der Waals surface area contributed by atoms with E-state index in [-0.39, 0.29) is 11.7 Å². The van der Waals surface area contributed by atoms with Crippen molar-refractivity contribution in [1.82, 2.24) is 0 Å². The Hall–Kier alpha value is -0.340. The maximum absolute atomic E-state index is 10.5. The number of hydrogen-bond acceptors (Lipinski definition) is 2. The van der Waals surface area contributed by atoms with E-state index in [1.54, 1.807) is 0 Å². The van der Waals surface area contributed by atoms with Gasteiger partial charge in [0, 0.05) is 6.61 Å². The monoisotopic (exact) mass is 240 g/mol. The molecule has 1 fully saturated rings. The molecule has 0 spiro atoms. The zero-order chi connectivity index (χ0) is 12.7. The van der Waals surface area contributed by atoms with Crippen molar-refractivity contribution in [3.8, 4) is 0 Å². The van der Waals surface area contributed by atoms with Gasteiger partial charge in [-0.15, -0.1) is 0 Å². The van der Waals surface area contributed by atoms with Gasteiger partial charge in [0.25, 0.3) is 0 Å². The topological polar surface area (TPSA) is 29.5 Å². The normalized spacial score (nSPS) is 21.8. The van der Waals surface area contributed by atoms with Crippen LogP contribution in [0.4, 0.5) is 0 Å². The SMILES string of the molecule is C=C(CC)CC(O)C1(OCC)CCCCCC1. The quantitative estimate of drug-likeness (QED) is 0.564. The fraction of sp³-hybridized carbons (Fsp3) is 0.867. The van der Waals surface area contributed by atoms with E-state index < -0.39 is 0 Å². The van der Waals surface area contributed by atoms with Crippen LogP contribution in [0.5, 0.6) is 0 Å². The summed E-state index contributed by atoms with van der Waals surface area (Å²) in [5.74, 6) is 0. The van der Waals surface area contributed by atoms with E-state index in [2.05, 4.69) is 13.5 Å². The smallest absolute Gasteiger partial charge is 0.0943 e. The molecule has 17 heavy (non-hydrogen) atoms. The largest absolute Gasteiger partial charge is 0.390 e. The Balaban J connectivity index is 2.70. The molecular weight excluding hydrogens is 212 g/mol. The van der Waals surface area contributed by atoms with Gasteiger partial charge in [-0.3, -0.25) is 0 Å². The van der Waals surface area contributed by atoms with Crippen LogP contribution in [0, 0.1) is 0 Å². The van der Waals surface area contributed by atoms with E-state index >= 15 is 0 Å². The average molecular weight is 240 g/mol. The predicted octanol–water partition coefficient (Wildman–Crippen LogP) is 3.83. The van der Waals surface area contributed by atoms with E-state index in [9.17, 15) is 5.11 Å². The fourth-order valence-corrected chi connectivity index (χ4v) is 2.79. The zero-order valence-corrected chi connectivity index (χ0v) is 11.5. The summed E-state index contributed by atoms with van der Waals surface area (Å²) in [6.07, 6.45) is 8.15. The molecule has 0 bridgehead atoms. The van der Waals surface area contributed by atoms with Gasteiger partial charge in [0.15, 0.2) is 0 Å². The minimum Gasteiger partial charge on any atom is -0.390 e. The van der Waals surface area contributed by atoms with E-state index in [0.717, 1.165) is 24.8 Å². The third-order valence-electron chi connectivity index (χ3n) is 3.97. The Labute approximate surface area is 106 Å². The Morgan fingerprint density at radius 3 is 2.29 bits per heavy atom. The van der Waals surface area contributed by atoms with Gasteiger partial charge in [0.1, 0.15) is 0 Å². The molecule has 0 aliphatic heterocycles. The number of rotatable bonds is 6. The highest BCUT2D eigenvalue weighted by Gasteiger charge is 2.38. The van der Waals surface area contributed by atoms with Crippen molar-refractivity contribution >= 4 is 0 Å². The molecule has 1 aliphatic rings. The summed E-state index contributed by atoms with van der Waals surface area (Å²) >= 11 is 0. The molecule has 0 amide bonds. The van der Waals surface area contributed by atoms with Crippen molar-refractivity contribution in [3.05, 3.63) is 12.2 Å². The maximum Gasteiger partial charge on any atom is 0.0943 e. The van der Waals surface area contributed by atoms with Crippen LogP contribution in [-0.4, -0.2) is 23.4 Å². The summed E-state index contributed by atoms with van der Waals surface area (Å²) in [7, 11) is 0. The van der Waals surface area contributed by atoms with Gasteiger partial charge in [-0.1, -0.05) is 44.8 Å². The summed E-state index contributed by atoms with van der Waals surface area (Å²) in [5, 5.41) is 10.5. The summed E-state index contributed by atoms with van der Waals surface area (Å²) in [5.41, 5.74) is 0.824. The lowest BCUT2D eigenvalue weighted by molar-refractivity contribution is -0.128. The standard InChI is InChI=1S/C15H28O2/c1-4-13(3)12-14(16)15(17-5-2)10-8-6-7-9-11-15/h14,16H,3-12H2,1-2H3. The minimum absolute atomic E-state index is 0.302. The van der Waals surface area contributed by atoms with Gasteiger partial charge in [-0.25, -0.2) is 0 Å². The molecule has 1 N–H and O–H groups in total. The van der Waals surface area contributed by atoms with Crippen molar-refractivity contribution in [2.45, 2.75) is 76.9 Å². The van der Waals surface area contributed by atoms with Crippen LogP contribution in [0.25, 0.3) is 0 Å². The first-order valence-electron chi connectivity index (χ1n) is 7.13. The molecule has 2 nitrogen and oxygen atoms in total. The van der Waals surface area contributed by atoms with Crippen LogP contribution in [0.1, 0.15) is 65.2 Å². The Morgan fingerprint density at radius 2 is 1.82 bits per heavy atom. The zero-order valence-electron chi connectivity index (χ0n) is 11.5. The Morgan fingerprint density at radius 1 is 1.24 bits per heavy atom. The minimum atomic E-state index is -0.381. The maximum atomic E-state index is 10.5. The molecule has 0 aromatic heterocycles. The van der Waals surface area contributed by atoms with E-state index in [1.165, 1.54) is 25.7 Å². The van der Waals surface area contributed by atoms with Crippen molar-refractivity contribution in [2.24, 2.45) is 0 Å². The highest BCUT2D eigenvalue weighted by atomic mass is 16.5. The second kappa shape index (κ2) is 7.17. The Bertz CT molecular complexity index is 227.